The first-order valence-electron chi connectivity index (χ1n) is 8.21. The number of rotatable bonds is 11. The molecule has 0 aliphatic rings. The summed E-state index contributed by atoms with van der Waals surface area (Å²) in [6, 6.07) is 8.77. The van der Waals surface area contributed by atoms with Crippen molar-refractivity contribution in [3.8, 4) is 0 Å². The third-order valence-corrected chi connectivity index (χ3v) is 4.23. The molecule has 20 heavy (non-hydrogen) atoms. The van der Waals surface area contributed by atoms with E-state index in [9.17, 15) is 0 Å². The number of hydrogen-bond acceptors (Lipinski definition) is 1. The van der Waals surface area contributed by atoms with E-state index in [-0.39, 0.29) is 0 Å². The molecule has 0 aromatic heterocycles. The van der Waals surface area contributed by atoms with E-state index in [1.54, 1.807) is 0 Å². The first-order valence-corrected chi connectivity index (χ1v) is 9.00. The Morgan fingerprint density at radius 1 is 1.10 bits per heavy atom. The normalized spacial score (nSPS) is 12.6. The van der Waals surface area contributed by atoms with Crippen molar-refractivity contribution >= 4 is 15.9 Å². The molecule has 114 valence electrons. The van der Waals surface area contributed by atoms with Crippen LogP contribution in [0.15, 0.2) is 28.7 Å². The monoisotopic (exact) mass is 339 g/mol. The maximum absolute atomic E-state index is 3.60. The van der Waals surface area contributed by atoms with Gasteiger partial charge in [-0.05, 0) is 56.0 Å². The molecular weight excluding hydrogens is 310 g/mol. The van der Waals surface area contributed by atoms with Crippen molar-refractivity contribution in [2.75, 3.05) is 13.1 Å². The van der Waals surface area contributed by atoms with E-state index < -0.39 is 0 Å². The van der Waals surface area contributed by atoms with Crippen molar-refractivity contribution in [3.05, 3.63) is 34.3 Å². The predicted molar refractivity (Wildman–Crippen MR) is 93.3 cm³/mol. The highest BCUT2D eigenvalue weighted by Crippen LogP contribution is 2.19. The zero-order valence-electron chi connectivity index (χ0n) is 13.1. The Labute approximate surface area is 133 Å². The van der Waals surface area contributed by atoms with Gasteiger partial charge in [0.15, 0.2) is 0 Å². The quantitative estimate of drug-likeness (QED) is 0.519. The Morgan fingerprint density at radius 2 is 1.95 bits per heavy atom. The molecule has 1 N–H and O–H groups in total. The molecule has 0 heterocycles. The fourth-order valence-electron chi connectivity index (χ4n) is 2.62. The zero-order chi connectivity index (χ0) is 14.6. The Morgan fingerprint density at radius 3 is 2.65 bits per heavy atom. The number of nitrogens with one attached hydrogen (secondary N) is 1. The number of hydrogen-bond donors (Lipinski definition) is 1. The fraction of sp³-hybridized carbons (Fsp3) is 0.667. The van der Waals surface area contributed by atoms with E-state index in [0.717, 1.165) is 19.0 Å². The summed E-state index contributed by atoms with van der Waals surface area (Å²) in [6.07, 6.45) is 9.24. The van der Waals surface area contributed by atoms with Crippen LogP contribution in [0.4, 0.5) is 0 Å². The number of benzene rings is 1. The van der Waals surface area contributed by atoms with Gasteiger partial charge in [0.1, 0.15) is 0 Å². The topological polar surface area (TPSA) is 12.0 Å². The lowest BCUT2D eigenvalue weighted by Gasteiger charge is -2.18. The van der Waals surface area contributed by atoms with Gasteiger partial charge in [0.2, 0.25) is 0 Å². The molecule has 0 aliphatic heterocycles. The van der Waals surface area contributed by atoms with Crippen molar-refractivity contribution in [1.29, 1.82) is 0 Å². The molecule has 0 aliphatic carbocycles. The Bertz CT molecular complexity index is 351. The van der Waals surface area contributed by atoms with Gasteiger partial charge in [-0.25, -0.2) is 0 Å². The van der Waals surface area contributed by atoms with Crippen LogP contribution >= 0.6 is 15.9 Å². The highest BCUT2D eigenvalue weighted by molar-refractivity contribution is 9.10. The summed E-state index contributed by atoms with van der Waals surface area (Å²) < 4.78 is 1.20. The van der Waals surface area contributed by atoms with Gasteiger partial charge in [-0.2, -0.15) is 0 Å². The smallest absolute Gasteiger partial charge is 0.0177 e. The Balaban J connectivity index is 2.43. The lowest BCUT2D eigenvalue weighted by atomic mass is 9.93. The Hall–Kier alpha value is -0.340. The molecular formula is C18H30BrN. The molecule has 0 spiro atoms. The minimum absolute atomic E-state index is 0.771. The van der Waals surface area contributed by atoms with Gasteiger partial charge >= 0.3 is 0 Å². The minimum Gasteiger partial charge on any atom is -0.316 e. The maximum Gasteiger partial charge on any atom is 0.0177 e. The summed E-state index contributed by atoms with van der Waals surface area (Å²) in [7, 11) is 0. The van der Waals surface area contributed by atoms with Gasteiger partial charge in [-0.15, -0.1) is 0 Å². The molecule has 1 atom stereocenters. The van der Waals surface area contributed by atoms with Gasteiger partial charge in [0, 0.05) is 4.47 Å². The Kier molecular flexibility index (Phi) is 10.0. The van der Waals surface area contributed by atoms with Crippen LogP contribution in [0.5, 0.6) is 0 Å². The van der Waals surface area contributed by atoms with E-state index in [1.165, 1.54) is 55.0 Å². The molecule has 2 heteroatoms. The first kappa shape index (κ1) is 17.7. The molecule has 0 bridgehead atoms. The second kappa shape index (κ2) is 11.3. The van der Waals surface area contributed by atoms with Crippen LogP contribution in [0, 0.1) is 5.92 Å². The van der Waals surface area contributed by atoms with Crippen molar-refractivity contribution in [3.63, 3.8) is 0 Å². The van der Waals surface area contributed by atoms with E-state index in [4.69, 9.17) is 0 Å². The molecule has 0 saturated heterocycles. The largest absolute Gasteiger partial charge is 0.316 e. The van der Waals surface area contributed by atoms with Crippen LogP contribution in [0.25, 0.3) is 0 Å². The fourth-order valence-corrected chi connectivity index (χ4v) is 3.06. The molecule has 1 aromatic carbocycles. The van der Waals surface area contributed by atoms with Gasteiger partial charge < -0.3 is 5.32 Å². The predicted octanol–water partition coefficient (Wildman–Crippen LogP) is 5.58. The van der Waals surface area contributed by atoms with Crippen molar-refractivity contribution in [1.82, 2.24) is 5.32 Å². The van der Waals surface area contributed by atoms with Gasteiger partial charge in [-0.3, -0.25) is 0 Å². The molecule has 0 radical (unpaired) electrons. The van der Waals surface area contributed by atoms with Crippen LogP contribution in [0.2, 0.25) is 0 Å². The first-order chi connectivity index (χ1) is 9.76. The standard InChI is InChI=1S/C18H30BrN/c1-3-5-6-7-9-17(15-20-12-4-2)13-16-10-8-11-18(19)14-16/h8,10-11,14,17,20H,3-7,9,12-13,15H2,1-2H3. The minimum atomic E-state index is 0.771. The summed E-state index contributed by atoms with van der Waals surface area (Å²) in [4.78, 5) is 0. The molecule has 1 rings (SSSR count). The van der Waals surface area contributed by atoms with Crippen molar-refractivity contribution in [2.24, 2.45) is 5.92 Å². The van der Waals surface area contributed by atoms with Crippen LogP contribution in [-0.2, 0) is 6.42 Å². The average molecular weight is 340 g/mol. The van der Waals surface area contributed by atoms with E-state index in [0.29, 0.717) is 0 Å². The molecule has 0 amide bonds. The van der Waals surface area contributed by atoms with Gasteiger partial charge in [0.05, 0.1) is 0 Å². The van der Waals surface area contributed by atoms with Crippen molar-refractivity contribution in [2.45, 2.75) is 58.8 Å². The second-order valence-corrected chi connectivity index (χ2v) is 6.67. The zero-order valence-corrected chi connectivity index (χ0v) is 14.7. The summed E-state index contributed by atoms with van der Waals surface area (Å²) in [5.41, 5.74) is 1.46. The van der Waals surface area contributed by atoms with Gasteiger partial charge in [0.25, 0.3) is 0 Å². The molecule has 1 nitrogen and oxygen atoms in total. The van der Waals surface area contributed by atoms with Crippen molar-refractivity contribution < 1.29 is 0 Å². The molecule has 0 saturated carbocycles. The average Bonchev–Trinajstić information content (AvgIpc) is 2.43. The maximum atomic E-state index is 3.60. The highest BCUT2D eigenvalue weighted by Gasteiger charge is 2.09. The lowest BCUT2D eigenvalue weighted by molar-refractivity contribution is 0.421. The van der Waals surface area contributed by atoms with E-state index >= 15 is 0 Å². The highest BCUT2D eigenvalue weighted by atomic mass is 79.9. The van der Waals surface area contributed by atoms with Crippen LogP contribution in [-0.4, -0.2) is 13.1 Å². The third-order valence-electron chi connectivity index (χ3n) is 3.74. The summed E-state index contributed by atoms with van der Waals surface area (Å²) >= 11 is 3.57. The summed E-state index contributed by atoms with van der Waals surface area (Å²) in [5.74, 6) is 0.771. The number of halogens is 1. The summed E-state index contributed by atoms with van der Waals surface area (Å²) in [5, 5.41) is 3.60. The second-order valence-electron chi connectivity index (χ2n) is 5.75. The SMILES string of the molecule is CCCCCCC(CNCCC)Cc1cccc(Br)c1. The molecule has 1 unspecified atom stereocenters. The van der Waals surface area contributed by atoms with E-state index in [1.807, 2.05) is 0 Å². The molecule has 0 fully saturated rings. The van der Waals surface area contributed by atoms with Crippen LogP contribution in [0.3, 0.4) is 0 Å². The number of unbranched alkanes of at least 4 members (excludes halogenated alkanes) is 3. The van der Waals surface area contributed by atoms with Crippen LogP contribution < -0.4 is 5.32 Å². The van der Waals surface area contributed by atoms with Crippen LogP contribution in [0.1, 0.15) is 57.9 Å². The molecule has 1 aromatic rings. The van der Waals surface area contributed by atoms with Gasteiger partial charge in [-0.1, -0.05) is 67.6 Å². The third kappa shape index (κ3) is 8.06. The summed E-state index contributed by atoms with van der Waals surface area (Å²) in [6.45, 7) is 6.82. The lowest BCUT2D eigenvalue weighted by Crippen LogP contribution is -2.25. The van der Waals surface area contributed by atoms with E-state index in [2.05, 4.69) is 59.4 Å².